The summed E-state index contributed by atoms with van der Waals surface area (Å²) in [6.07, 6.45) is 1.45. The standard InChI is InChI=1S/C22H28N2O3/c1-18(25)24-13-6-12-23(15-16-24)14-11-22(27,19-7-3-2-4-8-19)20-9-5-10-21(26)17-20/h2-5,7-10,17,26-27H,6,11-16H2,1H3. The Morgan fingerprint density at radius 2 is 1.74 bits per heavy atom. The summed E-state index contributed by atoms with van der Waals surface area (Å²) in [5.74, 6) is 0.270. The van der Waals surface area contributed by atoms with E-state index in [4.69, 9.17) is 0 Å². The smallest absolute Gasteiger partial charge is 0.219 e. The van der Waals surface area contributed by atoms with Gasteiger partial charge in [-0.25, -0.2) is 0 Å². The fourth-order valence-electron chi connectivity index (χ4n) is 3.76. The molecule has 0 bridgehead atoms. The maximum Gasteiger partial charge on any atom is 0.219 e. The molecule has 3 rings (SSSR count). The summed E-state index contributed by atoms with van der Waals surface area (Å²) in [7, 11) is 0. The average Bonchev–Trinajstić information content (AvgIpc) is 2.93. The number of carbonyl (C=O) groups excluding carboxylic acids is 1. The van der Waals surface area contributed by atoms with Crippen molar-refractivity contribution in [3.63, 3.8) is 0 Å². The number of amides is 1. The molecule has 5 heteroatoms. The van der Waals surface area contributed by atoms with E-state index in [1.807, 2.05) is 41.3 Å². The highest BCUT2D eigenvalue weighted by molar-refractivity contribution is 5.73. The zero-order valence-corrected chi connectivity index (χ0v) is 15.8. The van der Waals surface area contributed by atoms with Crippen molar-refractivity contribution in [2.24, 2.45) is 0 Å². The fourth-order valence-corrected chi connectivity index (χ4v) is 3.76. The largest absolute Gasteiger partial charge is 0.508 e. The first-order chi connectivity index (χ1) is 13.0. The van der Waals surface area contributed by atoms with E-state index < -0.39 is 5.60 Å². The monoisotopic (exact) mass is 368 g/mol. The zero-order valence-electron chi connectivity index (χ0n) is 15.8. The lowest BCUT2D eigenvalue weighted by atomic mass is 9.83. The third-order valence-electron chi connectivity index (χ3n) is 5.40. The Balaban J connectivity index is 1.78. The molecule has 144 valence electrons. The number of benzene rings is 2. The van der Waals surface area contributed by atoms with Gasteiger partial charge in [-0.1, -0.05) is 42.5 Å². The summed E-state index contributed by atoms with van der Waals surface area (Å²) >= 11 is 0. The summed E-state index contributed by atoms with van der Waals surface area (Å²) in [6.45, 7) is 5.57. The predicted molar refractivity (Wildman–Crippen MR) is 105 cm³/mol. The van der Waals surface area contributed by atoms with Crippen molar-refractivity contribution in [1.29, 1.82) is 0 Å². The van der Waals surface area contributed by atoms with Crippen LogP contribution in [0.5, 0.6) is 5.75 Å². The Bertz CT molecular complexity index is 765. The van der Waals surface area contributed by atoms with Crippen molar-refractivity contribution < 1.29 is 15.0 Å². The van der Waals surface area contributed by atoms with Gasteiger partial charge in [0.1, 0.15) is 11.4 Å². The van der Waals surface area contributed by atoms with E-state index in [0.29, 0.717) is 18.5 Å². The van der Waals surface area contributed by atoms with Gasteiger partial charge in [0.25, 0.3) is 0 Å². The van der Waals surface area contributed by atoms with Gasteiger partial charge < -0.3 is 20.0 Å². The van der Waals surface area contributed by atoms with Crippen molar-refractivity contribution in [3.05, 3.63) is 65.7 Å². The maximum atomic E-state index is 11.6. The van der Waals surface area contributed by atoms with E-state index in [0.717, 1.165) is 38.2 Å². The molecular weight excluding hydrogens is 340 g/mol. The molecule has 1 atom stereocenters. The van der Waals surface area contributed by atoms with E-state index >= 15 is 0 Å². The predicted octanol–water partition coefficient (Wildman–Crippen LogP) is 2.57. The van der Waals surface area contributed by atoms with E-state index in [2.05, 4.69) is 4.90 Å². The molecule has 0 aromatic heterocycles. The normalized spacial score (nSPS) is 17.9. The first-order valence-electron chi connectivity index (χ1n) is 9.54. The Labute approximate surface area is 160 Å². The number of nitrogens with zero attached hydrogens (tertiary/aromatic N) is 2. The van der Waals surface area contributed by atoms with Gasteiger partial charge in [-0.15, -0.1) is 0 Å². The fraction of sp³-hybridized carbons (Fsp3) is 0.409. The molecule has 1 heterocycles. The van der Waals surface area contributed by atoms with Gasteiger partial charge in [0, 0.05) is 33.1 Å². The van der Waals surface area contributed by atoms with E-state index in [1.54, 1.807) is 25.1 Å². The molecule has 1 fully saturated rings. The van der Waals surface area contributed by atoms with Gasteiger partial charge in [0.05, 0.1) is 0 Å². The van der Waals surface area contributed by atoms with Crippen LogP contribution in [0.3, 0.4) is 0 Å². The minimum Gasteiger partial charge on any atom is -0.508 e. The van der Waals surface area contributed by atoms with Gasteiger partial charge >= 0.3 is 0 Å². The number of hydrogen-bond acceptors (Lipinski definition) is 4. The van der Waals surface area contributed by atoms with Crippen LogP contribution in [0.4, 0.5) is 0 Å². The first-order valence-corrected chi connectivity index (χ1v) is 9.54. The zero-order chi connectivity index (χ0) is 19.3. The van der Waals surface area contributed by atoms with Gasteiger partial charge in [0.2, 0.25) is 5.91 Å². The van der Waals surface area contributed by atoms with Gasteiger partial charge in [0.15, 0.2) is 0 Å². The summed E-state index contributed by atoms with van der Waals surface area (Å²) in [5, 5.41) is 21.5. The third kappa shape index (κ3) is 4.67. The van der Waals surface area contributed by atoms with Crippen LogP contribution in [0.2, 0.25) is 0 Å². The number of rotatable bonds is 5. The van der Waals surface area contributed by atoms with E-state index in [-0.39, 0.29) is 11.7 Å². The van der Waals surface area contributed by atoms with Crippen LogP contribution in [0.15, 0.2) is 54.6 Å². The van der Waals surface area contributed by atoms with Crippen molar-refractivity contribution in [2.45, 2.75) is 25.4 Å². The molecule has 1 saturated heterocycles. The second-order valence-electron chi connectivity index (χ2n) is 7.23. The first kappa shape index (κ1) is 19.4. The second kappa shape index (κ2) is 8.55. The van der Waals surface area contributed by atoms with E-state index in [9.17, 15) is 15.0 Å². The number of aromatic hydroxyl groups is 1. The van der Waals surface area contributed by atoms with Crippen LogP contribution >= 0.6 is 0 Å². The van der Waals surface area contributed by atoms with Crippen LogP contribution < -0.4 is 0 Å². The van der Waals surface area contributed by atoms with Crippen LogP contribution in [0.25, 0.3) is 0 Å². The Kier molecular flexibility index (Phi) is 6.14. The molecule has 5 nitrogen and oxygen atoms in total. The van der Waals surface area contributed by atoms with Crippen LogP contribution in [0.1, 0.15) is 30.9 Å². The summed E-state index contributed by atoms with van der Waals surface area (Å²) in [4.78, 5) is 15.8. The van der Waals surface area contributed by atoms with Crippen molar-refractivity contribution in [1.82, 2.24) is 9.80 Å². The lowest BCUT2D eigenvalue weighted by Gasteiger charge is -2.32. The number of hydrogen-bond donors (Lipinski definition) is 2. The molecule has 1 unspecified atom stereocenters. The SMILES string of the molecule is CC(=O)N1CCCN(CCC(O)(c2ccccc2)c2cccc(O)c2)CC1. The topological polar surface area (TPSA) is 64.0 Å². The lowest BCUT2D eigenvalue weighted by Crippen LogP contribution is -2.37. The molecule has 0 radical (unpaired) electrons. The number of carbonyl (C=O) groups is 1. The van der Waals surface area contributed by atoms with Crippen LogP contribution in [0, 0.1) is 0 Å². The summed E-state index contributed by atoms with van der Waals surface area (Å²) < 4.78 is 0. The molecule has 27 heavy (non-hydrogen) atoms. The molecule has 1 amide bonds. The minimum absolute atomic E-state index is 0.123. The Morgan fingerprint density at radius 1 is 1.00 bits per heavy atom. The quantitative estimate of drug-likeness (QED) is 0.851. The minimum atomic E-state index is -1.17. The highest BCUT2D eigenvalue weighted by Crippen LogP contribution is 2.34. The van der Waals surface area contributed by atoms with Gasteiger partial charge in [-0.2, -0.15) is 0 Å². The Hall–Kier alpha value is -2.37. The lowest BCUT2D eigenvalue weighted by molar-refractivity contribution is -0.128. The second-order valence-corrected chi connectivity index (χ2v) is 7.23. The highest BCUT2D eigenvalue weighted by atomic mass is 16.3. The van der Waals surface area contributed by atoms with Gasteiger partial charge in [-0.05, 0) is 42.6 Å². The number of phenols is 1. The average molecular weight is 368 g/mol. The van der Waals surface area contributed by atoms with Crippen LogP contribution in [-0.2, 0) is 10.4 Å². The summed E-state index contributed by atoms with van der Waals surface area (Å²) in [6, 6.07) is 16.5. The molecule has 1 aliphatic heterocycles. The Morgan fingerprint density at radius 3 is 2.44 bits per heavy atom. The molecule has 0 spiro atoms. The van der Waals surface area contributed by atoms with Crippen molar-refractivity contribution >= 4 is 5.91 Å². The molecule has 2 N–H and O–H groups in total. The molecule has 0 saturated carbocycles. The number of aliphatic hydroxyl groups is 1. The number of phenolic OH excluding ortho intramolecular Hbond substituents is 1. The van der Waals surface area contributed by atoms with Gasteiger partial charge in [-0.3, -0.25) is 4.79 Å². The molecular formula is C22H28N2O3. The summed E-state index contributed by atoms with van der Waals surface area (Å²) in [5.41, 5.74) is 0.330. The van der Waals surface area contributed by atoms with Crippen LogP contribution in [-0.4, -0.2) is 58.6 Å². The molecule has 2 aromatic rings. The third-order valence-corrected chi connectivity index (χ3v) is 5.40. The highest BCUT2D eigenvalue weighted by Gasteiger charge is 2.32. The van der Waals surface area contributed by atoms with Crippen molar-refractivity contribution in [3.8, 4) is 5.75 Å². The van der Waals surface area contributed by atoms with E-state index in [1.165, 1.54) is 0 Å². The molecule has 2 aromatic carbocycles. The maximum absolute atomic E-state index is 11.6. The molecule has 0 aliphatic carbocycles. The van der Waals surface area contributed by atoms with Crippen molar-refractivity contribution in [2.75, 3.05) is 32.7 Å². The molecule has 1 aliphatic rings.